The minimum absolute atomic E-state index is 0.0915. The van der Waals surface area contributed by atoms with Crippen LogP contribution >= 0.6 is 23.1 Å². The molecule has 2 nitrogen and oxygen atoms in total. The van der Waals surface area contributed by atoms with Crippen LogP contribution in [0, 0.1) is 0 Å². The maximum atomic E-state index is 5.17. The third-order valence-corrected chi connectivity index (χ3v) is 13.0. The monoisotopic (exact) mass is 694 g/mol. The zero-order valence-corrected chi connectivity index (χ0v) is 30.7. The Balaban J connectivity index is 1.13. The highest BCUT2D eigenvalue weighted by atomic mass is 32.2. The first-order valence-electron chi connectivity index (χ1n) is 17.6. The number of nitrogens with zero attached hydrogens (tertiary/aromatic N) is 2. The summed E-state index contributed by atoms with van der Waals surface area (Å²) in [5.74, 6) is 0. The van der Waals surface area contributed by atoms with Crippen LogP contribution in [0.4, 0.5) is 11.4 Å². The molecule has 0 bridgehead atoms. The van der Waals surface area contributed by atoms with Crippen LogP contribution in [0.15, 0.2) is 156 Å². The summed E-state index contributed by atoms with van der Waals surface area (Å²) in [6.45, 7) is 11.0. The van der Waals surface area contributed by atoms with Crippen LogP contribution in [0.2, 0.25) is 0 Å². The molecule has 0 fully saturated rings. The summed E-state index contributed by atoms with van der Waals surface area (Å²) in [5, 5.41) is 2.60. The van der Waals surface area contributed by atoms with Gasteiger partial charge in [0.05, 0.1) is 21.3 Å². The molecular weight excluding hydrogens is 657 g/mol. The number of aliphatic imine (C=N–C) groups is 1. The molecule has 1 aliphatic heterocycles. The minimum atomic E-state index is -0.0915. The topological polar surface area (TPSA) is 15.6 Å². The number of benzene rings is 5. The molecule has 248 valence electrons. The summed E-state index contributed by atoms with van der Waals surface area (Å²) in [6.07, 6.45) is 11.8. The average molecular weight is 695 g/mol. The molecule has 2 heterocycles. The standard InChI is InChI=1S/C47H38N2S2/c1-5-13-37-38-17-12-19-42(45(38)50-43(37)6-2)49(33-24-26-36-35-16-10-11-18-39(35)47(3,4)40(36)28-33)34-25-27-41-44(29-34)51-46(48-41)32-22-20-31(21-23-32)30-14-8-7-9-15-30/h5-28,44H,2,29H2,1,3-4H3/b13-5-. The van der Waals surface area contributed by atoms with Crippen molar-refractivity contribution in [2.75, 3.05) is 4.90 Å². The summed E-state index contributed by atoms with van der Waals surface area (Å²) >= 11 is 3.71. The Bertz CT molecular complexity index is 2470. The second-order valence-electron chi connectivity index (χ2n) is 13.9. The Labute approximate surface area is 308 Å². The molecule has 1 unspecified atom stereocenters. The molecule has 0 saturated heterocycles. The summed E-state index contributed by atoms with van der Waals surface area (Å²) in [7, 11) is 0. The lowest BCUT2D eigenvalue weighted by atomic mass is 9.82. The van der Waals surface area contributed by atoms with Gasteiger partial charge in [-0.2, -0.15) is 0 Å². The van der Waals surface area contributed by atoms with Gasteiger partial charge in [-0.05, 0) is 70.7 Å². The highest BCUT2D eigenvalue weighted by Gasteiger charge is 2.37. The van der Waals surface area contributed by atoms with E-state index in [0.29, 0.717) is 0 Å². The van der Waals surface area contributed by atoms with Gasteiger partial charge >= 0.3 is 0 Å². The Morgan fingerprint density at radius 3 is 2.33 bits per heavy atom. The fourth-order valence-corrected chi connectivity index (χ4v) is 10.3. The number of hydrogen-bond donors (Lipinski definition) is 0. The molecular formula is C47H38N2S2. The maximum absolute atomic E-state index is 5.17. The number of thiophene rings is 1. The van der Waals surface area contributed by atoms with Gasteiger partial charge < -0.3 is 4.90 Å². The van der Waals surface area contributed by atoms with Crippen molar-refractivity contribution in [2.45, 2.75) is 37.9 Å². The number of thioether (sulfide) groups is 1. The van der Waals surface area contributed by atoms with Gasteiger partial charge in [0.15, 0.2) is 0 Å². The summed E-state index contributed by atoms with van der Waals surface area (Å²) in [5.41, 5.74) is 15.0. The van der Waals surface area contributed by atoms with Gasteiger partial charge in [-0.25, -0.2) is 4.99 Å². The smallest absolute Gasteiger partial charge is 0.104 e. The second kappa shape index (κ2) is 12.6. The quantitative estimate of drug-likeness (QED) is 0.165. The SMILES string of the molecule is C=Cc1sc2c(N(C3=CC=C4N=C(c5ccc(-c6ccccc6)cc5)SC4C3)c3ccc4c(c3)C(C)(C)c3ccccc3-4)cccc2c1/C=C\C. The summed E-state index contributed by atoms with van der Waals surface area (Å²) in [6, 6.07) is 42.2. The molecule has 2 aliphatic carbocycles. The molecule has 0 amide bonds. The van der Waals surface area contributed by atoms with Gasteiger partial charge in [-0.3, -0.25) is 0 Å². The molecule has 4 heteroatoms. The lowest BCUT2D eigenvalue weighted by molar-refractivity contribution is 0.660. The molecule has 0 spiro atoms. The number of hydrogen-bond acceptors (Lipinski definition) is 4. The third kappa shape index (κ3) is 5.28. The van der Waals surface area contributed by atoms with E-state index in [1.807, 2.05) is 29.2 Å². The lowest BCUT2D eigenvalue weighted by Crippen LogP contribution is -2.23. The van der Waals surface area contributed by atoms with Crippen molar-refractivity contribution in [1.82, 2.24) is 0 Å². The Hall–Kier alpha value is -5.16. The van der Waals surface area contributed by atoms with Crippen molar-refractivity contribution in [2.24, 2.45) is 4.99 Å². The van der Waals surface area contributed by atoms with Crippen molar-refractivity contribution in [3.8, 4) is 22.3 Å². The molecule has 3 aliphatic rings. The minimum Gasteiger partial charge on any atom is -0.313 e. The van der Waals surface area contributed by atoms with Crippen LogP contribution in [0.3, 0.4) is 0 Å². The van der Waals surface area contributed by atoms with Gasteiger partial charge in [0.25, 0.3) is 0 Å². The fourth-order valence-electron chi connectivity index (χ4n) is 7.97. The normalized spacial score (nSPS) is 17.1. The van der Waals surface area contributed by atoms with E-state index in [4.69, 9.17) is 4.99 Å². The zero-order valence-electron chi connectivity index (χ0n) is 29.1. The molecule has 0 radical (unpaired) electrons. The van der Waals surface area contributed by atoms with Gasteiger partial charge in [0.1, 0.15) is 5.04 Å². The van der Waals surface area contributed by atoms with Crippen molar-refractivity contribution in [3.05, 3.63) is 179 Å². The predicted molar refractivity (Wildman–Crippen MR) is 223 cm³/mol. The average Bonchev–Trinajstić information content (AvgIpc) is 3.83. The molecule has 0 saturated carbocycles. The first kappa shape index (κ1) is 31.8. The van der Waals surface area contributed by atoms with Gasteiger partial charge in [-0.1, -0.05) is 147 Å². The first-order chi connectivity index (χ1) is 24.9. The number of fused-ring (bicyclic) bond motifs is 5. The van der Waals surface area contributed by atoms with E-state index in [-0.39, 0.29) is 10.7 Å². The van der Waals surface area contributed by atoms with Crippen LogP contribution in [0.5, 0.6) is 0 Å². The van der Waals surface area contributed by atoms with Gasteiger partial charge in [0, 0.05) is 44.6 Å². The molecule has 5 aromatic carbocycles. The Morgan fingerprint density at radius 1 is 0.784 bits per heavy atom. The molecule has 1 aromatic heterocycles. The van der Waals surface area contributed by atoms with E-state index in [2.05, 4.69) is 172 Å². The van der Waals surface area contributed by atoms with E-state index >= 15 is 0 Å². The van der Waals surface area contributed by atoms with Crippen LogP contribution < -0.4 is 4.90 Å². The number of allylic oxidation sites excluding steroid dienone is 4. The second-order valence-corrected chi connectivity index (χ2v) is 16.1. The third-order valence-electron chi connectivity index (χ3n) is 10.5. The first-order valence-corrected chi connectivity index (χ1v) is 19.3. The van der Waals surface area contributed by atoms with Gasteiger partial charge in [0.2, 0.25) is 0 Å². The lowest BCUT2D eigenvalue weighted by Gasteiger charge is -2.32. The maximum Gasteiger partial charge on any atom is 0.104 e. The molecule has 51 heavy (non-hydrogen) atoms. The van der Waals surface area contributed by atoms with E-state index in [1.165, 1.54) is 76.5 Å². The fraction of sp³-hybridized carbons (Fsp3) is 0.128. The van der Waals surface area contributed by atoms with Crippen molar-refractivity contribution < 1.29 is 0 Å². The van der Waals surface area contributed by atoms with Crippen LogP contribution in [0.25, 0.3) is 44.5 Å². The highest BCUT2D eigenvalue weighted by molar-refractivity contribution is 8.15. The Morgan fingerprint density at radius 2 is 1.53 bits per heavy atom. The molecule has 0 N–H and O–H groups in total. The molecule has 6 aromatic rings. The Kier molecular flexibility index (Phi) is 7.83. The molecule has 9 rings (SSSR count). The molecule has 1 atom stereocenters. The predicted octanol–water partition coefficient (Wildman–Crippen LogP) is 13.4. The highest BCUT2D eigenvalue weighted by Crippen LogP contribution is 2.52. The van der Waals surface area contributed by atoms with Gasteiger partial charge in [-0.15, -0.1) is 11.3 Å². The van der Waals surface area contributed by atoms with E-state index < -0.39 is 0 Å². The zero-order chi connectivity index (χ0) is 34.7. The number of anilines is 2. The number of rotatable bonds is 7. The van der Waals surface area contributed by atoms with Crippen molar-refractivity contribution >= 4 is 61.8 Å². The largest absolute Gasteiger partial charge is 0.313 e. The summed E-state index contributed by atoms with van der Waals surface area (Å²) < 4.78 is 1.27. The van der Waals surface area contributed by atoms with Crippen LogP contribution in [-0.4, -0.2) is 10.3 Å². The van der Waals surface area contributed by atoms with Crippen LogP contribution in [-0.2, 0) is 5.41 Å². The van der Waals surface area contributed by atoms with E-state index in [9.17, 15) is 0 Å². The van der Waals surface area contributed by atoms with Crippen LogP contribution in [0.1, 0.15) is 54.3 Å². The van der Waals surface area contributed by atoms with E-state index in [0.717, 1.165) is 17.2 Å². The van der Waals surface area contributed by atoms with E-state index in [1.54, 1.807) is 0 Å². The summed E-state index contributed by atoms with van der Waals surface area (Å²) in [4.78, 5) is 8.89. The van der Waals surface area contributed by atoms with Crippen molar-refractivity contribution in [1.29, 1.82) is 0 Å². The van der Waals surface area contributed by atoms with Crippen molar-refractivity contribution in [3.63, 3.8) is 0 Å².